The van der Waals surface area contributed by atoms with Crippen molar-refractivity contribution in [3.8, 4) is 44.9 Å². The van der Waals surface area contributed by atoms with Crippen molar-refractivity contribution in [2.24, 2.45) is 0 Å². The molecule has 0 fully saturated rings. The number of benzene rings is 8. The smallest absolute Gasteiger partial charge is 0.132 e. The van der Waals surface area contributed by atoms with Crippen molar-refractivity contribution < 1.29 is 4.74 Å². The molecule has 0 radical (unpaired) electrons. The van der Waals surface area contributed by atoms with Crippen LogP contribution in [0.1, 0.15) is 22.3 Å². The minimum atomic E-state index is -0.429. The van der Waals surface area contributed by atoms with Gasteiger partial charge in [0.05, 0.1) is 5.41 Å². The van der Waals surface area contributed by atoms with Crippen LogP contribution in [0.15, 0.2) is 170 Å². The number of fused-ring (bicyclic) bond motifs is 12. The fraction of sp³-hybridized carbons (Fsp3) is 0.0222. The van der Waals surface area contributed by atoms with Crippen LogP contribution in [0.25, 0.3) is 54.9 Å². The van der Waals surface area contributed by atoms with Gasteiger partial charge in [0.1, 0.15) is 11.5 Å². The van der Waals surface area contributed by atoms with E-state index in [0.29, 0.717) is 0 Å². The lowest BCUT2D eigenvalue weighted by Gasteiger charge is -2.39. The van der Waals surface area contributed by atoms with Crippen molar-refractivity contribution in [1.82, 2.24) is 0 Å². The summed E-state index contributed by atoms with van der Waals surface area (Å²) in [5, 5.41) is 5.12. The summed E-state index contributed by atoms with van der Waals surface area (Å²) < 4.78 is 6.72. The van der Waals surface area contributed by atoms with Gasteiger partial charge in [-0.05, 0) is 84.3 Å². The normalized spacial score (nSPS) is 13.6. The van der Waals surface area contributed by atoms with Gasteiger partial charge < -0.3 is 4.74 Å². The molecule has 8 aromatic rings. The van der Waals surface area contributed by atoms with E-state index in [-0.39, 0.29) is 0 Å². The number of ether oxygens (including phenoxy) is 1. The predicted octanol–water partition coefficient (Wildman–Crippen LogP) is 11.8. The average molecular weight is 585 g/mol. The van der Waals surface area contributed by atoms with E-state index in [9.17, 15) is 0 Å². The molecule has 1 aliphatic heterocycles. The molecule has 1 spiro atoms. The zero-order chi connectivity index (χ0) is 30.2. The van der Waals surface area contributed by atoms with E-state index in [4.69, 9.17) is 4.74 Å². The fourth-order valence-electron chi connectivity index (χ4n) is 8.09. The third kappa shape index (κ3) is 3.46. The minimum Gasteiger partial charge on any atom is -0.457 e. The van der Waals surface area contributed by atoms with Crippen molar-refractivity contribution in [1.29, 1.82) is 0 Å². The monoisotopic (exact) mass is 584 g/mol. The number of para-hydroxylation sites is 1. The fourth-order valence-corrected chi connectivity index (χ4v) is 8.09. The number of hydrogen-bond donors (Lipinski definition) is 0. The molecule has 1 nitrogen and oxygen atoms in total. The molecule has 0 unspecified atom stereocenters. The van der Waals surface area contributed by atoms with E-state index in [1.165, 1.54) is 71.6 Å². The van der Waals surface area contributed by atoms with E-state index in [2.05, 4.69) is 170 Å². The number of rotatable bonds is 2. The molecule has 214 valence electrons. The SMILES string of the molecule is c1ccc2c(c1)Oc1cc(-c3ccc(-c4ccc5c(ccc6ccccc65)c4)cc3)ccc1C21c2ccccc2-c2ccccc21. The zero-order valence-corrected chi connectivity index (χ0v) is 25.1. The average Bonchev–Trinajstić information content (AvgIpc) is 3.42. The molecule has 0 aromatic heterocycles. The summed E-state index contributed by atoms with van der Waals surface area (Å²) in [6.45, 7) is 0. The first-order valence-electron chi connectivity index (χ1n) is 15.9. The van der Waals surface area contributed by atoms with Crippen LogP contribution >= 0.6 is 0 Å². The van der Waals surface area contributed by atoms with Crippen molar-refractivity contribution in [3.63, 3.8) is 0 Å². The van der Waals surface area contributed by atoms with Gasteiger partial charge in [-0.25, -0.2) is 0 Å². The van der Waals surface area contributed by atoms with Crippen LogP contribution in [0.4, 0.5) is 0 Å². The first kappa shape index (κ1) is 25.4. The lowest BCUT2D eigenvalue weighted by Crippen LogP contribution is -2.32. The van der Waals surface area contributed by atoms with Crippen molar-refractivity contribution in [2.45, 2.75) is 5.41 Å². The molecule has 46 heavy (non-hydrogen) atoms. The third-order valence-corrected chi connectivity index (χ3v) is 10.1. The molecule has 8 aromatic carbocycles. The largest absolute Gasteiger partial charge is 0.457 e. The summed E-state index contributed by atoms with van der Waals surface area (Å²) in [5.74, 6) is 1.83. The molecular formula is C45H28O. The van der Waals surface area contributed by atoms with Crippen LogP contribution in [0.2, 0.25) is 0 Å². The van der Waals surface area contributed by atoms with Crippen molar-refractivity contribution in [2.75, 3.05) is 0 Å². The molecule has 0 saturated carbocycles. The maximum atomic E-state index is 6.72. The Kier molecular flexibility index (Phi) is 5.27. The van der Waals surface area contributed by atoms with Crippen LogP contribution in [-0.2, 0) is 5.41 Å². The Bertz CT molecular complexity index is 2460. The lowest BCUT2D eigenvalue weighted by molar-refractivity contribution is 0.436. The van der Waals surface area contributed by atoms with Gasteiger partial charge in [0, 0.05) is 11.1 Å². The van der Waals surface area contributed by atoms with Gasteiger partial charge in [-0.2, -0.15) is 0 Å². The van der Waals surface area contributed by atoms with Gasteiger partial charge in [-0.1, -0.05) is 152 Å². The van der Waals surface area contributed by atoms with Gasteiger partial charge in [-0.15, -0.1) is 0 Å². The maximum Gasteiger partial charge on any atom is 0.132 e. The molecule has 0 saturated heterocycles. The van der Waals surface area contributed by atoms with Crippen LogP contribution in [-0.4, -0.2) is 0 Å². The van der Waals surface area contributed by atoms with Crippen molar-refractivity contribution >= 4 is 21.5 Å². The van der Waals surface area contributed by atoms with E-state index >= 15 is 0 Å². The van der Waals surface area contributed by atoms with E-state index in [0.717, 1.165) is 17.1 Å². The molecule has 0 amide bonds. The first-order chi connectivity index (χ1) is 22.8. The summed E-state index contributed by atoms with van der Waals surface area (Å²) in [4.78, 5) is 0. The highest BCUT2D eigenvalue weighted by atomic mass is 16.5. The van der Waals surface area contributed by atoms with E-state index < -0.39 is 5.41 Å². The highest BCUT2D eigenvalue weighted by molar-refractivity contribution is 6.08. The summed E-state index contributed by atoms with van der Waals surface area (Å²) in [6.07, 6.45) is 0. The Hall–Kier alpha value is -5.92. The van der Waals surface area contributed by atoms with Crippen LogP contribution in [0.3, 0.4) is 0 Å². The van der Waals surface area contributed by atoms with Crippen LogP contribution in [0.5, 0.6) is 11.5 Å². The van der Waals surface area contributed by atoms with E-state index in [1.807, 2.05) is 0 Å². The Morgan fingerprint density at radius 1 is 0.326 bits per heavy atom. The second-order valence-corrected chi connectivity index (χ2v) is 12.5. The molecule has 0 bridgehead atoms. The van der Waals surface area contributed by atoms with Gasteiger partial charge in [0.25, 0.3) is 0 Å². The van der Waals surface area contributed by atoms with Crippen LogP contribution < -0.4 is 4.74 Å². The summed E-state index contributed by atoms with van der Waals surface area (Å²) >= 11 is 0. The maximum absolute atomic E-state index is 6.72. The molecule has 2 aliphatic rings. The summed E-state index contributed by atoms with van der Waals surface area (Å²) in [7, 11) is 0. The zero-order valence-electron chi connectivity index (χ0n) is 25.1. The van der Waals surface area contributed by atoms with Gasteiger partial charge in [0.2, 0.25) is 0 Å². The number of hydrogen-bond acceptors (Lipinski definition) is 1. The molecular weight excluding hydrogens is 556 g/mol. The molecule has 1 aliphatic carbocycles. The van der Waals surface area contributed by atoms with Gasteiger partial charge in [-0.3, -0.25) is 0 Å². The highest BCUT2D eigenvalue weighted by Crippen LogP contribution is 2.62. The standard InChI is InChI=1S/C45H28O/c1-2-10-35-31(9-1)21-22-34-27-32(23-25-36(34)35)29-17-19-30(20-18-29)33-24-26-42-44(28-33)46-43-16-8-7-15-41(43)45(42)39-13-5-3-11-37(39)38-12-4-6-14-40(38)45/h1-28H. The summed E-state index contributed by atoms with van der Waals surface area (Å²) in [5.41, 5.74) is 11.9. The predicted molar refractivity (Wildman–Crippen MR) is 190 cm³/mol. The second-order valence-electron chi connectivity index (χ2n) is 12.5. The Morgan fingerprint density at radius 3 is 1.61 bits per heavy atom. The molecule has 1 heteroatoms. The lowest BCUT2D eigenvalue weighted by atomic mass is 9.66. The molecule has 10 rings (SSSR count). The molecule has 0 N–H and O–H groups in total. The van der Waals surface area contributed by atoms with Crippen molar-refractivity contribution in [3.05, 3.63) is 192 Å². The quantitative estimate of drug-likeness (QED) is 0.184. The Labute approximate surface area is 268 Å². The van der Waals surface area contributed by atoms with E-state index in [1.54, 1.807) is 0 Å². The highest BCUT2D eigenvalue weighted by Gasteiger charge is 2.50. The Morgan fingerprint density at radius 2 is 0.848 bits per heavy atom. The Balaban J connectivity index is 1.08. The third-order valence-electron chi connectivity index (χ3n) is 10.1. The first-order valence-corrected chi connectivity index (χ1v) is 15.9. The minimum absolute atomic E-state index is 0.429. The van der Waals surface area contributed by atoms with Gasteiger partial charge >= 0.3 is 0 Å². The second kappa shape index (κ2) is 9.54. The summed E-state index contributed by atoms with van der Waals surface area (Å²) in [6, 6.07) is 61.8. The molecule has 0 atom stereocenters. The molecule has 1 heterocycles. The van der Waals surface area contributed by atoms with Gasteiger partial charge in [0.15, 0.2) is 0 Å². The van der Waals surface area contributed by atoms with Crippen LogP contribution in [0, 0.1) is 0 Å². The topological polar surface area (TPSA) is 9.23 Å².